The van der Waals surface area contributed by atoms with Crippen LogP contribution in [0, 0.1) is 5.92 Å². The number of carbonyl (C=O) groups is 2. The van der Waals surface area contributed by atoms with Crippen LogP contribution in [0.2, 0.25) is 0 Å². The highest BCUT2D eigenvalue weighted by Gasteiger charge is 2.36. The van der Waals surface area contributed by atoms with Gasteiger partial charge in [0, 0.05) is 32.2 Å². The Kier molecular flexibility index (Phi) is 5.16. The van der Waals surface area contributed by atoms with Crippen molar-refractivity contribution in [2.45, 2.75) is 19.4 Å². The van der Waals surface area contributed by atoms with Crippen LogP contribution in [0.15, 0.2) is 24.3 Å². The smallest absolute Gasteiger partial charge is 0.335 e. The molecular formula is C18H24N2O4. The zero-order valence-corrected chi connectivity index (χ0v) is 14.0. The van der Waals surface area contributed by atoms with E-state index in [2.05, 4.69) is 11.8 Å². The predicted octanol–water partition coefficient (Wildman–Crippen LogP) is 1.11. The molecule has 6 nitrogen and oxygen atoms in total. The largest absolute Gasteiger partial charge is 0.478 e. The summed E-state index contributed by atoms with van der Waals surface area (Å²) in [6.07, 6.45) is 0.254. The van der Waals surface area contributed by atoms with E-state index in [-0.39, 0.29) is 17.9 Å². The lowest BCUT2D eigenvalue weighted by atomic mass is 10.0. The standard InChI is InChI=1S/C18H24N2O4/c1-13-11-20(12-16(13)19-5-7-24-8-6-19)17(21)10-14-3-2-4-15(9-14)18(22)23/h2-4,9,13,16H,5-8,10-12H2,1H3,(H,22,23). The van der Waals surface area contributed by atoms with Crippen LogP contribution >= 0.6 is 0 Å². The number of amides is 1. The van der Waals surface area contributed by atoms with Gasteiger partial charge in [0.05, 0.1) is 25.2 Å². The average molecular weight is 332 g/mol. The molecule has 1 aromatic rings. The zero-order valence-electron chi connectivity index (χ0n) is 14.0. The molecule has 2 saturated heterocycles. The maximum atomic E-state index is 12.6. The number of aromatic carboxylic acids is 1. The Hall–Kier alpha value is -1.92. The van der Waals surface area contributed by atoms with E-state index in [1.807, 2.05) is 11.0 Å². The Bertz CT molecular complexity index is 613. The van der Waals surface area contributed by atoms with Crippen LogP contribution in [0.4, 0.5) is 0 Å². The lowest BCUT2D eigenvalue weighted by Gasteiger charge is -2.34. The van der Waals surface area contributed by atoms with Gasteiger partial charge in [-0.1, -0.05) is 19.1 Å². The second-order valence-corrected chi connectivity index (χ2v) is 6.67. The molecule has 0 saturated carbocycles. The molecule has 2 aliphatic rings. The average Bonchev–Trinajstić information content (AvgIpc) is 2.98. The third-order valence-electron chi connectivity index (χ3n) is 4.97. The van der Waals surface area contributed by atoms with E-state index >= 15 is 0 Å². The van der Waals surface area contributed by atoms with Gasteiger partial charge in [-0.2, -0.15) is 0 Å². The molecule has 2 unspecified atom stereocenters. The van der Waals surface area contributed by atoms with Crippen LogP contribution in [0.3, 0.4) is 0 Å². The lowest BCUT2D eigenvalue weighted by Crippen LogP contribution is -2.47. The topological polar surface area (TPSA) is 70.1 Å². The van der Waals surface area contributed by atoms with Crippen molar-refractivity contribution in [2.75, 3.05) is 39.4 Å². The SMILES string of the molecule is CC1CN(C(=O)Cc2cccc(C(=O)O)c2)CC1N1CCOCC1. The minimum atomic E-state index is -0.966. The fraction of sp³-hybridized carbons (Fsp3) is 0.556. The maximum Gasteiger partial charge on any atom is 0.335 e. The summed E-state index contributed by atoms with van der Waals surface area (Å²) in [7, 11) is 0. The Morgan fingerprint density at radius 1 is 1.25 bits per heavy atom. The van der Waals surface area contributed by atoms with E-state index in [1.165, 1.54) is 0 Å². The molecular weight excluding hydrogens is 308 g/mol. The molecule has 2 fully saturated rings. The van der Waals surface area contributed by atoms with Gasteiger partial charge in [-0.3, -0.25) is 9.69 Å². The Morgan fingerprint density at radius 3 is 2.71 bits per heavy atom. The van der Waals surface area contributed by atoms with Crippen molar-refractivity contribution >= 4 is 11.9 Å². The Morgan fingerprint density at radius 2 is 2.00 bits per heavy atom. The molecule has 0 spiro atoms. The quantitative estimate of drug-likeness (QED) is 0.894. The van der Waals surface area contributed by atoms with Crippen LogP contribution in [-0.4, -0.2) is 72.2 Å². The number of carbonyl (C=O) groups excluding carboxylic acids is 1. The number of benzene rings is 1. The van der Waals surface area contributed by atoms with Crippen molar-refractivity contribution in [2.24, 2.45) is 5.92 Å². The zero-order chi connectivity index (χ0) is 17.1. The molecule has 1 N–H and O–H groups in total. The molecule has 1 aromatic carbocycles. The summed E-state index contributed by atoms with van der Waals surface area (Å²) in [4.78, 5) is 28.0. The summed E-state index contributed by atoms with van der Waals surface area (Å²) in [5.41, 5.74) is 0.976. The van der Waals surface area contributed by atoms with E-state index in [9.17, 15) is 9.59 Å². The van der Waals surface area contributed by atoms with Gasteiger partial charge in [0.25, 0.3) is 0 Å². The van der Waals surface area contributed by atoms with E-state index in [0.29, 0.717) is 12.0 Å². The van der Waals surface area contributed by atoms with Gasteiger partial charge in [-0.25, -0.2) is 4.79 Å². The normalized spacial score (nSPS) is 25.0. The number of ether oxygens (including phenoxy) is 1. The molecule has 130 valence electrons. The Labute approximate surface area is 142 Å². The second-order valence-electron chi connectivity index (χ2n) is 6.67. The number of carboxylic acids is 1. The van der Waals surface area contributed by atoms with Gasteiger partial charge in [0.15, 0.2) is 0 Å². The van der Waals surface area contributed by atoms with Gasteiger partial charge < -0.3 is 14.7 Å². The fourth-order valence-corrected chi connectivity index (χ4v) is 3.64. The molecule has 3 rings (SSSR count). The summed E-state index contributed by atoms with van der Waals surface area (Å²) in [6, 6.07) is 7.02. The van der Waals surface area contributed by atoms with Crippen LogP contribution in [0.25, 0.3) is 0 Å². The minimum absolute atomic E-state index is 0.0696. The number of nitrogens with zero attached hydrogens (tertiary/aromatic N) is 2. The molecule has 2 atom stereocenters. The predicted molar refractivity (Wildman–Crippen MR) is 89.0 cm³/mol. The van der Waals surface area contributed by atoms with Gasteiger partial charge >= 0.3 is 5.97 Å². The third-order valence-corrected chi connectivity index (χ3v) is 4.97. The van der Waals surface area contributed by atoms with E-state index < -0.39 is 5.97 Å². The van der Waals surface area contributed by atoms with Gasteiger partial charge in [-0.05, 0) is 23.6 Å². The highest BCUT2D eigenvalue weighted by molar-refractivity contribution is 5.88. The van der Waals surface area contributed by atoms with Crippen molar-refractivity contribution in [1.29, 1.82) is 0 Å². The van der Waals surface area contributed by atoms with Crippen molar-refractivity contribution in [3.05, 3.63) is 35.4 Å². The van der Waals surface area contributed by atoms with Gasteiger partial charge in [0.2, 0.25) is 5.91 Å². The van der Waals surface area contributed by atoms with Gasteiger partial charge in [-0.15, -0.1) is 0 Å². The highest BCUT2D eigenvalue weighted by Crippen LogP contribution is 2.23. The number of carboxylic acid groups (broad SMARTS) is 1. The molecule has 0 bridgehead atoms. The molecule has 1 amide bonds. The van der Waals surface area contributed by atoms with E-state index in [1.54, 1.807) is 18.2 Å². The summed E-state index contributed by atoms with van der Waals surface area (Å²) in [6.45, 7) is 7.09. The molecule has 0 radical (unpaired) electrons. The maximum absolute atomic E-state index is 12.6. The molecule has 0 aromatic heterocycles. The van der Waals surface area contributed by atoms with Crippen molar-refractivity contribution in [1.82, 2.24) is 9.80 Å². The summed E-state index contributed by atoms with van der Waals surface area (Å²) in [5.74, 6) is -0.455. The highest BCUT2D eigenvalue weighted by atomic mass is 16.5. The summed E-state index contributed by atoms with van der Waals surface area (Å²) in [5, 5.41) is 9.06. The molecule has 2 aliphatic heterocycles. The van der Waals surface area contributed by atoms with Crippen LogP contribution in [0.1, 0.15) is 22.8 Å². The second kappa shape index (κ2) is 7.32. The Balaban J connectivity index is 1.61. The molecule has 6 heteroatoms. The van der Waals surface area contributed by atoms with Crippen LogP contribution < -0.4 is 0 Å². The fourth-order valence-electron chi connectivity index (χ4n) is 3.64. The molecule has 2 heterocycles. The number of morpholine rings is 1. The van der Waals surface area contributed by atoms with Crippen LogP contribution in [0.5, 0.6) is 0 Å². The third kappa shape index (κ3) is 3.76. The van der Waals surface area contributed by atoms with Gasteiger partial charge in [0.1, 0.15) is 0 Å². The first-order valence-corrected chi connectivity index (χ1v) is 8.46. The number of hydrogen-bond donors (Lipinski definition) is 1. The molecule has 24 heavy (non-hydrogen) atoms. The van der Waals surface area contributed by atoms with Crippen molar-refractivity contribution < 1.29 is 19.4 Å². The first kappa shape index (κ1) is 16.9. The molecule has 0 aliphatic carbocycles. The van der Waals surface area contributed by atoms with Crippen molar-refractivity contribution in [3.8, 4) is 0 Å². The summed E-state index contributed by atoms with van der Waals surface area (Å²) >= 11 is 0. The number of likely N-dealkylation sites (tertiary alicyclic amines) is 1. The minimum Gasteiger partial charge on any atom is -0.478 e. The summed E-state index contributed by atoms with van der Waals surface area (Å²) < 4.78 is 5.41. The first-order valence-electron chi connectivity index (χ1n) is 8.46. The van der Waals surface area contributed by atoms with E-state index in [4.69, 9.17) is 9.84 Å². The van der Waals surface area contributed by atoms with Crippen LogP contribution in [-0.2, 0) is 16.0 Å². The first-order chi connectivity index (χ1) is 11.5. The number of rotatable bonds is 4. The number of hydrogen-bond acceptors (Lipinski definition) is 4. The van der Waals surface area contributed by atoms with E-state index in [0.717, 1.165) is 45.0 Å². The lowest BCUT2D eigenvalue weighted by molar-refractivity contribution is -0.129. The monoisotopic (exact) mass is 332 g/mol. The van der Waals surface area contributed by atoms with Crippen molar-refractivity contribution in [3.63, 3.8) is 0 Å².